The summed E-state index contributed by atoms with van der Waals surface area (Å²) in [7, 11) is 0. The largest absolute Gasteiger partial charge is 0.264 e. The summed E-state index contributed by atoms with van der Waals surface area (Å²) >= 11 is 0. The van der Waals surface area contributed by atoms with Gasteiger partial charge in [-0.25, -0.2) is 0 Å². The first-order chi connectivity index (χ1) is 16.3. The zero-order valence-corrected chi connectivity index (χ0v) is 20.6. The number of aryl methyl sites for hydroxylation is 2. The Balaban J connectivity index is 1.64. The summed E-state index contributed by atoms with van der Waals surface area (Å²) in [6.45, 7) is 11.0. The van der Waals surface area contributed by atoms with Crippen LogP contribution < -0.4 is 0 Å². The molecule has 2 aromatic heterocycles. The van der Waals surface area contributed by atoms with Gasteiger partial charge in [-0.1, -0.05) is 74.9 Å². The number of aromatic nitrogens is 2. The van der Waals surface area contributed by atoms with Crippen molar-refractivity contribution in [2.45, 2.75) is 40.0 Å². The summed E-state index contributed by atoms with van der Waals surface area (Å²) in [5.74, 6) is 0. The molecule has 0 aliphatic heterocycles. The number of hydrogen-bond donors (Lipinski definition) is 0. The van der Waals surface area contributed by atoms with Crippen LogP contribution >= 0.6 is 0 Å². The molecule has 0 radical (unpaired) electrons. The highest BCUT2D eigenvalue weighted by atomic mass is 14.7. The Morgan fingerprint density at radius 1 is 0.647 bits per heavy atom. The standard InChI is InChI=1S/C32H30N2/c1-21-9-10-26(22(2)17-21)28-12-11-27(30-20-33-15-14-29(28)30)23-7-6-8-24(18-23)31-19-25(13-16-34-31)32(3,4)5/h6-20H,1-5H3. The lowest BCUT2D eigenvalue weighted by atomic mass is 9.86. The maximum atomic E-state index is 4.68. The van der Waals surface area contributed by atoms with Crippen LogP contribution in [0.25, 0.3) is 44.3 Å². The lowest BCUT2D eigenvalue weighted by Crippen LogP contribution is -2.11. The van der Waals surface area contributed by atoms with Crippen LogP contribution in [0.4, 0.5) is 0 Å². The lowest BCUT2D eigenvalue weighted by Gasteiger charge is -2.19. The van der Waals surface area contributed by atoms with E-state index in [1.54, 1.807) is 0 Å². The molecule has 34 heavy (non-hydrogen) atoms. The van der Waals surface area contributed by atoms with Crippen LogP contribution in [-0.4, -0.2) is 9.97 Å². The third kappa shape index (κ3) is 4.12. The van der Waals surface area contributed by atoms with Crippen molar-refractivity contribution in [1.82, 2.24) is 9.97 Å². The highest BCUT2D eigenvalue weighted by molar-refractivity contribution is 6.05. The zero-order chi connectivity index (χ0) is 23.9. The topological polar surface area (TPSA) is 25.8 Å². The molecule has 3 aromatic carbocycles. The molecule has 168 valence electrons. The average molecular weight is 443 g/mol. The minimum absolute atomic E-state index is 0.0844. The van der Waals surface area contributed by atoms with Crippen LogP contribution in [0, 0.1) is 13.8 Å². The van der Waals surface area contributed by atoms with E-state index in [0.717, 1.165) is 16.6 Å². The van der Waals surface area contributed by atoms with Gasteiger partial charge in [0.15, 0.2) is 0 Å². The molecule has 2 nitrogen and oxygen atoms in total. The summed E-state index contributed by atoms with van der Waals surface area (Å²) in [6.07, 6.45) is 5.79. The van der Waals surface area contributed by atoms with Crippen LogP contribution in [0.2, 0.25) is 0 Å². The maximum absolute atomic E-state index is 4.68. The molecule has 5 rings (SSSR count). The van der Waals surface area contributed by atoms with E-state index in [1.165, 1.54) is 44.3 Å². The highest BCUT2D eigenvalue weighted by Gasteiger charge is 2.16. The summed E-state index contributed by atoms with van der Waals surface area (Å²) in [5, 5.41) is 2.38. The van der Waals surface area contributed by atoms with Crippen molar-refractivity contribution in [2.75, 3.05) is 0 Å². The Hall–Kier alpha value is -3.78. The fourth-order valence-electron chi connectivity index (χ4n) is 4.69. The second kappa shape index (κ2) is 8.53. The van der Waals surface area contributed by atoms with E-state index < -0.39 is 0 Å². The van der Waals surface area contributed by atoms with Gasteiger partial charge in [-0.15, -0.1) is 0 Å². The van der Waals surface area contributed by atoms with E-state index in [9.17, 15) is 0 Å². The van der Waals surface area contributed by atoms with Crippen LogP contribution in [0.5, 0.6) is 0 Å². The molecular weight excluding hydrogens is 412 g/mol. The van der Waals surface area contributed by atoms with Crippen molar-refractivity contribution in [1.29, 1.82) is 0 Å². The van der Waals surface area contributed by atoms with Crippen LogP contribution in [0.1, 0.15) is 37.5 Å². The van der Waals surface area contributed by atoms with Crippen LogP contribution in [-0.2, 0) is 5.41 Å². The molecule has 2 heterocycles. The van der Waals surface area contributed by atoms with Crippen molar-refractivity contribution in [3.63, 3.8) is 0 Å². The van der Waals surface area contributed by atoms with Gasteiger partial charge in [0.1, 0.15) is 0 Å². The SMILES string of the molecule is Cc1ccc(-c2ccc(-c3cccc(-c4cc(C(C)(C)C)ccn4)c3)c3cnccc23)c(C)c1. The third-order valence-corrected chi connectivity index (χ3v) is 6.59. The molecule has 0 N–H and O–H groups in total. The van der Waals surface area contributed by atoms with Crippen molar-refractivity contribution in [2.24, 2.45) is 0 Å². The third-order valence-electron chi connectivity index (χ3n) is 6.59. The average Bonchev–Trinajstić information content (AvgIpc) is 2.83. The molecule has 0 spiro atoms. The monoisotopic (exact) mass is 442 g/mol. The van der Waals surface area contributed by atoms with Crippen LogP contribution in [0.3, 0.4) is 0 Å². The van der Waals surface area contributed by atoms with Gasteiger partial charge in [0, 0.05) is 29.5 Å². The number of fused-ring (bicyclic) bond motifs is 1. The molecule has 0 saturated carbocycles. The van der Waals surface area contributed by atoms with E-state index in [2.05, 4.69) is 117 Å². The van der Waals surface area contributed by atoms with Gasteiger partial charge in [-0.05, 0) is 82.3 Å². The Morgan fingerprint density at radius 3 is 2.21 bits per heavy atom. The van der Waals surface area contributed by atoms with Gasteiger partial charge in [-0.3, -0.25) is 9.97 Å². The quantitative estimate of drug-likeness (QED) is 0.280. The zero-order valence-electron chi connectivity index (χ0n) is 20.6. The van der Waals surface area contributed by atoms with Crippen molar-refractivity contribution < 1.29 is 0 Å². The smallest absolute Gasteiger partial charge is 0.0705 e. The molecular formula is C32H30N2. The van der Waals surface area contributed by atoms with E-state index in [1.807, 2.05) is 18.6 Å². The molecule has 0 aliphatic rings. The first-order valence-electron chi connectivity index (χ1n) is 11.8. The van der Waals surface area contributed by atoms with E-state index in [0.29, 0.717) is 0 Å². The Labute approximate surface area is 202 Å². The van der Waals surface area contributed by atoms with E-state index in [4.69, 9.17) is 0 Å². The molecule has 0 saturated heterocycles. The van der Waals surface area contributed by atoms with Gasteiger partial charge in [0.2, 0.25) is 0 Å². The van der Waals surface area contributed by atoms with Gasteiger partial charge >= 0.3 is 0 Å². The second-order valence-electron chi connectivity index (χ2n) is 10.2. The molecule has 0 bridgehead atoms. The summed E-state index contributed by atoms with van der Waals surface area (Å²) in [4.78, 5) is 9.16. The van der Waals surface area contributed by atoms with Gasteiger partial charge < -0.3 is 0 Å². The Kier molecular flexibility index (Phi) is 5.53. The van der Waals surface area contributed by atoms with Gasteiger partial charge in [0.05, 0.1) is 5.69 Å². The van der Waals surface area contributed by atoms with E-state index in [-0.39, 0.29) is 5.41 Å². The predicted molar refractivity (Wildman–Crippen MR) is 144 cm³/mol. The molecule has 0 aliphatic carbocycles. The highest BCUT2D eigenvalue weighted by Crippen LogP contribution is 2.37. The predicted octanol–water partition coefficient (Wildman–Crippen LogP) is 8.55. The first-order valence-corrected chi connectivity index (χ1v) is 11.8. The maximum Gasteiger partial charge on any atom is 0.0705 e. The first kappa shape index (κ1) is 22.0. The Bertz CT molecular complexity index is 1510. The van der Waals surface area contributed by atoms with Crippen molar-refractivity contribution >= 4 is 10.8 Å². The lowest BCUT2D eigenvalue weighted by molar-refractivity contribution is 0.589. The summed E-state index contributed by atoms with van der Waals surface area (Å²) in [5.41, 5.74) is 10.9. The molecule has 5 aromatic rings. The molecule has 0 amide bonds. The fraction of sp³-hybridized carbons (Fsp3) is 0.188. The van der Waals surface area contributed by atoms with Crippen molar-refractivity contribution in [3.05, 3.63) is 108 Å². The normalized spacial score (nSPS) is 11.7. The number of benzene rings is 3. The van der Waals surface area contributed by atoms with E-state index >= 15 is 0 Å². The van der Waals surface area contributed by atoms with Crippen molar-refractivity contribution in [3.8, 4) is 33.5 Å². The van der Waals surface area contributed by atoms with Crippen LogP contribution in [0.15, 0.2) is 91.4 Å². The Morgan fingerprint density at radius 2 is 1.41 bits per heavy atom. The number of rotatable bonds is 3. The molecule has 2 heteroatoms. The summed E-state index contributed by atoms with van der Waals surface area (Å²) in [6, 6.07) is 26.3. The summed E-state index contributed by atoms with van der Waals surface area (Å²) < 4.78 is 0. The molecule has 0 fully saturated rings. The fourth-order valence-corrected chi connectivity index (χ4v) is 4.69. The van der Waals surface area contributed by atoms with Gasteiger partial charge in [0.25, 0.3) is 0 Å². The number of pyridine rings is 2. The minimum atomic E-state index is 0.0844. The minimum Gasteiger partial charge on any atom is -0.264 e. The second-order valence-corrected chi connectivity index (χ2v) is 10.2. The molecule has 0 unspecified atom stereocenters. The number of nitrogens with zero attached hydrogens (tertiary/aromatic N) is 2. The molecule has 0 atom stereocenters. The number of hydrogen-bond acceptors (Lipinski definition) is 2. The van der Waals surface area contributed by atoms with Gasteiger partial charge in [-0.2, -0.15) is 0 Å².